The van der Waals surface area contributed by atoms with E-state index in [-0.39, 0.29) is 0 Å². The van der Waals surface area contributed by atoms with E-state index in [2.05, 4.69) is 51.9 Å². The van der Waals surface area contributed by atoms with Crippen molar-refractivity contribution >= 4 is 27.5 Å². The largest absolute Gasteiger partial charge is 0.308 e. The van der Waals surface area contributed by atoms with E-state index in [0.717, 1.165) is 32.9 Å². The van der Waals surface area contributed by atoms with Crippen LogP contribution in [0.2, 0.25) is 0 Å². The summed E-state index contributed by atoms with van der Waals surface area (Å²) >= 11 is 0. The Morgan fingerprint density at radius 3 is 1.44 bits per heavy atom. The molecule has 0 saturated carbocycles. The number of hydrogen-bond donors (Lipinski definition) is 0. The molecule has 0 bridgehead atoms. The Morgan fingerprint density at radius 1 is 0.456 bits per heavy atom. The summed E-state index contributed by atoms with van der Waals surface area (Å²) in [4.78, 5) is 18.6. The zero-order valence-electron chi connectivity index (χ0n) is 30.1. The number of fused-ring (bicyclic) bond motifs is 3. The first-order valence-corrected chi connectivity index (χ1v) is 18.0. The molecule has 9 rings (SSSR count). The number of rotatable bonds is 6. The molecule has 0 fully saturated rings. The second-order valence-electron chi connectivity index (χ2n) is 13.3. The molecule has 9 aromatic rings. The maximum atomic E-state index is 10.6. The van der Waals surface area contributed by atoms with Gasteiger partial charge in [-0.2, -0.15) is 15.8 Å². The highest BCUT2D eigenvalue weighted by Crippen LogP contribution is 2.45. The summed E-state index contributed by atoms with van der Waals surface area (Å²) < 4.78 is 2.17. The normalized spacial score (nSPS) is 10.7. The maximum Gasteiger partial charge on any atom is 0.188 e. The first-order chi connectivity index (χ1) is 28.1. The molecule has 262 valence electrons. The molecule has 2 aromatic heterocycles. The summed E-state index contributed by atoms with van der Waals surface area (Å²) in [7, 11) is 0. The van der Waals surface area contributed by atoms with Crippen LogP contribution < -0.4 is 0 Å². The Hall–Kier alpha value is -8.69. The molecule has 0 amide bonds. The van der Waals surface area contributed by atoms with Gasteiger partial charge in [-0.25, -0.2) is 19.8 Å². The van der Waals surface area contributed by atoms with Gasteiger partial charge in [0.2, 0.25) is 0 Å². The van der Waals surface area contributed by atoms with E-state index in [1.54, 1.807) is 36.4 Å². The molecule has 8 nitrogen and oxygen atoms in total. The molecular weight excluding hydrogens is 701 g/mol. The fourth-order valence-electron chi connectivity index (χ4n) is 7.39. The van der Waals surface area contributed by atoms with Crippen molar-refractivity contribution in [2.24, 2.45) is 0 Å². The fourth-order valence-corrected chi connectivity index (χ4v) is 7.39. The van der Waals surface area contributed by atoms with E-state index < -0.39 is 0 Å². The number of nitriles is 3. The lowest BCUT2D eigenvalue weighted by Gasteiger charge is -2.22. The Balaban J connectivity index is 1.47. The third-order valence-electron chi connectivity index (χ3n) is 9.97. The van der Waals surface area contributed by atoms with Crippen molar-refractivity contribution in [1.29, 1.82) is 15.8 Å². The van der Waals surface area contributed by atoms with Gasteiger partial charge in [0.25, 0.3) is 0 Å². The van der Waals surface area contributed by atoms with E-state index in [4.69, 9.17) is 21.5 Å². The maximum absolute atomic E-state index is 10.6. The quantitative estimate of drug-likeness (QED) is 0.157. The monoisotopic (exact) mass is 726 g/mol. The Morgan fingerprint density at radius 2 is 0.930 bits per heavy atom. The number of para-hydroxylation sites is 2. The first kappa shape index (κ1) is 34.1. The zero-order valence-corrected chi connectivity index (χ0v) is 30.1. The molecule has 7 aromatic carbocycles. The average molecular weight is 727 g/mol. The topological polar surface area (TPSA) is 119 Å². The minimum Gasteiger partial charge on any atom is -0.308 e. The fraction of sp³-hybridized carbons (Fsp3) is 0. The van der Waals surface area contributed by atoms with Gasteiger partial charge in [0.05, 0.1) is 52.6 Å². The third kappa shape index (κ3) is 5.99. The lowest BCUT2D eigenvalue weighted by atomic mass is 9.88. The lowest BCUT2D eigenvalue weighted by molar-refractivity contribution is 1.07. The molecule has 0 unspecified atom stereocenters. The van der Waals surface area contributed by atoms with Gasteiger partial charge in [-0.3, -0.25) is 0 Å². The van der Waals surface area contributed by atoms with E-state index in [9.17, 15) is 15.8 Å². The van der Waals surface area contributed by atoms with E-state index in [1.165, 1.54) is 0 Å². The van der Waals surface area contributed by atoms with Gasteiger partial charge in [0.1, 0.15) is 0 Å². The molecule has 8 heteroatoms. The smallest absolute Gasteiger partial charge is 0.188 e. The number of aromatic nitrogens is 4. The van der Waals surface area contributed by atoms with Gasteiger partial charge in [-0.1, -0.05) is 115 Å². The van der Waals surface area contributed by atoms with E-state index in [1.807, 2.05) is 97.1 Å². The van der Waals surface area contributed by atoms with Crippen LogP contribution in [0, 0.1) is 40.6 Å². The van der Waals surface area contributed by atoms with Crippen LogP contribution in [-0.2, 0) is 0 Å². The highest BCUT2D eigenvalue weighted by Gasteiger charge is 2.25. The zero-order chi connectivity index (χ0) is 38.9. The van der Waals surface area contributed by atoms with Crippen LogP contribution in [0.1, 0.15) is 16.7 Å². The summed E-state index contributed by atoms with van der Waals surface area (Å²) in [5.74, 6) is 1.33. The summed E-state index contributed by atoms with van der Waals surface area (Å²) in [6.07, 6.45) is 0. The van der Waals surface area contributed by atoms with E-state index in [0.29, 0.717) is 73.4 Å². The third-order valence-corrected chi connectivity index (χ3v) is 9.97. The Labute approximate surface area is 327 Å². The van der Waals surface area contributed by atoms with Gasteiger partial charge < -0.3 is 4.57 Å². The summed E-state index contributed by atoms with van der Waals surface area (Å²) in [6.45, 7) is 7.72. The lowest BCUT2D eigenvalue weighted by Crippen LogP contribution is -2.05. The van der Waals surface area contributed by atoms with Crippen molar-refractivity contribution < 1.29 is 0 Å². The highest BCUT2D eigenvalue weighted by atomic mass is 15.0. The van der Waals surface area contributed by atoms with Crippen molar-refractivity contribution in [3.63, 3.8) is 0 Å². The summed E-state index contributed by atoms with van der Waals surface area (Å²) in [6, 6.07) is 56.7. The van der Waals surface area contributed by atoms with Crippen LogP contribution in [-0.4, -0.2) is 19.5 Å². The van der Waals surface area contributed by atoms with Crippen molar-refractivity contribution in [2.45, 2.75) is 0 Å². The van der Waals surface area contributed by atoms with Crippen LogP contribution in [0.5, 0.6) is 0 Å². The van der Waals surface area contributed by atoms with Crippen molar-refractivity contribution in [2.75, 3.05) is 0 Å². The Kier molecular flexibility index (Phi) is 8.54. The molecule has 0 radical (unpaired) electrons. The van der Waals surface area contributed by atoms with Gasteiger partial charge >= 0.3 is 0 Å². The van der Waals surface area contributed by atoms with Crippen molar-refractivity contribution in [1.82, 2.24) is 19.5 Å². The predicted octanol–water partition coefficient (Wildman–Crippen LogP) is 11.5. The van der Waals surface area contributed by atoms with Crippen molar-refractivity contribution in [3.05, 3.63) is 186 Å². The predicted molar refractivity (Wildman–Crippen MR) is 222 cm³/mol. The number of hydrogen-bond acceptors (Lipinski definition) is 6. The van der Waals surface area contributed by atoms with Gasteiger partial charge in [-0.05, 0) is 48.0 Å². The second-order valence-corrected chi connectivity index (χ2v) is 13.3. The van der Waals surface area contributed by atoms with Crippen LogP contribution >= 0.6 is 0 Å². The molecule has 57 heavy (non-hydrogen) atoms. The molecule has 0 aliphatic rings. The molecule has 2 heterocycles. The minimum absolute atomic E-state index is 0.300. The van der Waals surface area contributed by atoms with Gasteiger partial charge in [0.15, 0.2) is 23.2 Å². The van der Waals surface area contributed by atoms with Crippen LogP contribution in [0.15, 0.2) is 158 Å². The van der Waals surface area contributed by atoms with Crippen LogP contribution in [0.4, 0.5) is 5.69 Å². The molecule has 0 aliphatic heterocycles. The summed E-state index contributed by atoms with van der Waals surface area (Å²) in [5, 5.41) is 33.2. The highest BCUT2D eigenvalue weighted by molar-refractivity contribution is 6.11. The molecule has 0 saturated heterocycles. The van der Waals surface area contributed by atoms with Crippen LogP contribution in [0.3, 0.4) is 0 Å². The molecule has 0 atom stereocenters. The summed E-state index contributed by atoms with van der Waals surface area (Å²) in [5.41, 5.74) is 8.49. The number of nitrogens with zero attached hydrogens (tertiary/aromatic N) is 8. The molecule has 0 N–H and O–H groups in total. The molecule has 0 aliphatic carbocycles. The number of benzene rings is 7. The Bertz CT molecular complexity index is 3020. The molecular formula is C49H26N8. The first-order valence-electron chi connectivity index (χ1n) is 18.0. The minimum atomic E-state index is 0.300. The second kappa shape index (κ2) is 14.3. The van der Waals surface area contributed by atoms with Gasteiger partial charge in [-0.15, -0.1) is 0 Å². The molecule has 0 spiro atoms. The standard InChI is InChI=1S/C49H26N8/c1-53-37-21-23-39(36(25-37)30-52)43-27-34(49-55-47(32-12-4-2-5-13-32)54-48(56-49)33-14-6-3-7-15-33)26-42(38-22-20-31(28-50)24-35(38)29-51)46(43)57-44-18-10-8-16-40(44)41-17-9-11-19-45(41)57/h2-27H. The van der Waals surface area contributed by atoms with E-state index >= 15 is 0 Å². The van der Waals surface area contributed by atoms with Gasteiger partial charge in [0, 0.05) is 49.7 Å². The van der Waals surface area contributed by atoms with Crippen LogP contribution in [0.25, 0.3) is 88.8 Å². The van der Waals surface area contributed by atoms with Crippen molar-refractivity contribution in [3.8, 4) is 80.3 Å². The SMILES string of the molecule is [C-]#[N+]c1ccc(-c2cc(-c3nc(-c4ccccc4)nc(-c4ccccc4)n3)cc(-c3ccc(C#N)cc3C#N)c2-n2c3ccccc3c3ccccc32)c(C#N)c1. The average Bonchev–Trinajstić information content (AvgIpc) is 3.62.